The van der Waals surface area contributed by atoms with Gasteiger partial charge >= 0.3 is 6.09 Å². The number of rotatable bonds is 4. The topological polar surface area (TPSA) is 69.0 Å². The van der Waals surface area contributed by atoms with E-state index in [2.05, 4.69) is 15.4 Å². The lowest BCUT2D eigenvalue weighted by Crippen LogP contribution is -2.32. The molecule has 2 aromatic rings. The largest absolute Gasteiger partial charge is 0.444 e. The van der Waals surface area contributed by atoms with Crippen LogP contribution in [0.1, 0.15) is 31.9 Å². The van der Waals surface area contributed by atoms with Crippen molar-refractivity contribution < 1.29 is 9.53 Å². The number of ether oxygens (including phenoxy) is 1. The molecule has 0 aromatic carbocycles. The summed E-state index contributed by atoms with van der Waals surface area (Å²) < 4.78 is 6.99. The highest BCUT2D eigenvalue weighted by Crippen LogP contribution is 2.07. The number of carbonyl (C=O) groups excluding carboxylic acids is 1. The molecule has 0 atom stereocenters. The van der Waals surface area contributed by atoms with Crippen LogP contribution in [0.4, 0.5) is 4.79 Å². The third kappa shape index (κ3) is 5.25. The van der Waals surface area contributed by atoms with Gasteiger partial charge in [-0.2, -0.15) is 5.10 Å². The van der Waals surface area contributed by atoms with E-state index < -0.39 is 11.7 Å². The second kappa shape index (κ2) is 6.39. The molecule has 0 bridgehead atoms. The molecule has 112 valence electrons. The normalized spacial score (nSPS) is 11.2. The molecule has 21 heavy (non-hydrogen) atoms. The van der Waals surface area contributed by atoms with E-state index in [4.69, 9.17) is 4.74 Å². The number of nitrogens with zero attached hydrogens (tertiary/aromatic N) is 3. The van der Waals surface area contributed by atoms with Gasteiger partial charge in [-0.15, -0.1) is 0 Å². The molecule has 0 fully saturated rings. The molecule has 2 heterocycles. The Bertz CT molecular complexity index is 587. The number of alkyl carbamates (subject to hydrolysis) is 1. The van der Waals surface area contributed by atoms with Crippen LogP contribution in [0.5, 0.6) is 0 Å². The van der Waals surface area contributed by atoms with Gasteiger partial charge in [-0.05, 0) is 32.4 Å². The highest BCUT2D eigenvalue weighted by Gasteiger charge is 2.15. The molecule has 0 aliphatic carbocycles. The number of hydrogen-bond acceptors (Lipinski definition) is 4. The van der Waals surface area contributed by atoms with Crippen molar-refractivity contribution in [1.82, 2.24) is 20.1 Å². The summed E-state index contributed by atoms with van der Waals surface area (Å²) in [5.41, 5.74) is 1.51. The molecular weight excluding hydrogens is 268 g/mol. The van der Waals surface area contributed by atoms with Crippen LogP contribution in [0.15, 0.2) is 36.9 Å². The maximum absolute atomic E-state index is 11.6. The molecule has 0 saturated heterocycles. The first-order chi connectivity index (χ1) is 9.92. The van der Waals surface area contributed by atoms with Gasteiger partial charge in [-0.3, -0.25) is 9.67 Å². The minimum Gasteiger partial charge on any atom is -0.444 e. The SMILES string of the molecule is CC(C)(C)OC(=O)NCc1cnn(Cc2cccnc2)c1. The fourth-order valence-electron chi connectivity index (χ4n) is 1.75. The molecule has 0 spiro atoms. The fourth-order valence-corrected chi connectivity index (χ4v) is 1.75. The summed E-state index contributed by atoms with van der Waals surface area (Å²) in [6.45, 7) is 6.54. The van der Waals surface area contributed by atoms with Crippen LogP contribution in [0.25, 0.3) is 0 Å². The Hall–Kier alpha value is -2.37. The predicted octanol–water partition coefficient (Wildman–Crippen LogP) is 2.35. The van der Waals surface area contributed by atoms with Gasteiger partial charge in [0.2, 0.25) is 0 Å². The highest BCUT2D eigenvalue weighted by atomic mass is 16.6. The zero-order valence-corrected chi connectivity index (χ0v) is 12.5. The Balaban J connectivity index is 1.85. The minimum atomic E-state index is -0.491. The zero-order valence-electron chi connectivity index (χ0n) is 12.5. The Labute approximate surface area is 124 Å². The van der Waals surface area contributed by atoms with Crippen LogP contribution in [-0.2, 0) is 17.8 Å². The van der Waals surface area contributed by atoms with E-state index in [0.717, 1.165) is 11.1 Å². The summed E-state index contributed by atoms with van der Waals surface area (Å²) in [6, 6.07) is 3.89. The average molecular weight is 288 g/mol. The molecule has 0 aliphatic heterocycles. The van der Waals surface area contributed by atoms with Gasteiger partial charge < -0.3 is 10.1 Å². The summed E-state index contributed by atoms with van der Waals surface area (Å²) in [4.78, 5) is 15.6. The van der Waals surface area contributed by atoms with E-state index in [1.165, 1.54) is 0 Å². The van der Waals surface area contributed by atoms with Crippen molar-refractivity contribution in [1.29, 1.82) is 0 Å². The summed E-state index contributed by atoms with van der Waals surface area (Å²) in [5.74, 6) is 0. The molecular formula is C15H20N4O2. The van der Waals surface area contributed by atoms with E-state index in [-0.39, 0.29) is 0 Å². The third-order valence-corrected chi connectivity index (χ3v) is 2.59. The summed E-state index contributed by atoms with van der Waals surface area (Å²) in [7, 11) is 0. The van der Waals surface area contributed by atoms with Gasteiger partial charge in [0.05, 0.1) is 12.7 Å². The van der Waals surface area contributed by atoms with Crippen LogP contribution >= 0.6 is 0 Å². The maximum atomic E-state index is 11.6. The molecule has 1 N–H and O–H groups in total. The van der Waals surface area contributed by atoms with E-state index in [9.17, 15) is 4.79 Å². The summed E-state index contributed by atoms with van der Waals surface area (Å²) >= 11 is 0. The standard InChI is InChI=1S/C15H20N4O2/c1-15(2,3)21-14(20)17-8-13-9-18-19(11-13)10-12-5-4-6-16-7-12/h4-7,9,11H,8,10H2,1-3H3,(H,17,20). The van der Waals surface area contributed by atoms with E-state index in [1.54, 1.807) is 18.6 Å². The molecule has 6 nitrogen and oxygen atoms in total. The predicted molar refractivity (Wildman–Crippen MR) is 78.6 cm³/mol. The van der Waals surface area contributed by atoms with Gasteiger partial charge in [0.15, 0.2) is 0 Å². The average Bonchev–Trinajstić information content (AvgIpc) is 2.83. The van der Waals surface area contributed by atoms with Crippen molar-refractivity contribution in [3.63, 3.8) is 0 Å². The Morgan fingerprint density at radius 3 is 2.81 bits per heavy atom. The Kier molecular flexibility index (Phi) is 4.57. The minimum absolute atomic E-state index is 0.391. The number of carbonyl (C=O) groups is 1. The monoisotopic (exact) mass is 288 g/mol. The number of nitrogens with one attached hydrogen (secondary N) is 1. The van der Waals surface area contributed by atoms with Crippen molar-refractivity contribution in [2.45, 2.75) is 39.5 Å². The van der Waals surface area contributed by atoms with Gasteiger partial charge in [-0.25, -0.2) is 4.79 Å². The van der Waals surface area contributed by atoms with E-state index in [1.807, 2.05) is 43.8 Å². The second-order valence-electron chi connectivity index (χ2n) is 5.76. The summed E-state index contributed by atoms with van der Waals surface area (Å²) in [6.07, 6.45) is 6.74. The molecule has 2 aromatic heterocycles. The smallest absolute Gasteiger partial charge is 0.407 e. The first-order valence-electron chi connectivity index (χ1n) is 6.79. The number of hydrogen-bond donors (Lipinski definition) is 1. The second-order valence-corrected chi connectivity index (χ2v) is 5.76. The van der Waals surface area contributed by atoms with E-state index in [0.29, 0.717) is 13.1 Å². The highest BCUT2D eigenvalue weighted by molar-refractivity contribution is 5.67. The van der Waals surface area contributed by atoms with Crippen molar-refractivity contribution >= 4 is 6.09 Å². The summed E-state index contributed by atoms with van der Waals surface area (Å²) in [5, 5.41) is 6.97. The molecule has 0 unspecified atom stereocenters. The first-order valence-corrected chi connectivity index (χ1v) is 6.79. The molecule has 2 rings (SSSR count). The van der Waals surface area contributed by atoms with Crippen molar-refractivity contribution in [2.75, 3.05) is 0 Å². The van der Waals surface area contributed by atoms with Crippen LogP contribution in [0, 0.1) is 0 Å². The number of amides is 1. The van der Waals surface area contributed by atoms with Crippen LogP contribution < -0.4 is 5.32 Å². The number of aromatic nitrogens is 3. The third-order valence-electron chi connectivity index (χ3n) is 2.59. The van der Waals surface area contributed by atoms with Gasteiger partial charge in [0.25, 0.3) is 0 Å². The Morgan fingerprint density at radius 1 is 1.33 bits per heavy atom. The van der Waals surface area contributed by atoms with Crippen molar-refractivity contribution in [3.05, 3.63) is 48.0 Å². The van der Waals surface area contributed by atoms with Crippen LogP contribution in [-0.4, -0.2) is 26.5 Å². The molecule has 1 amide bonds. The van der Waals surface area contributed by atoms with Crippen molar-refractivity contribution in [2.24, 2.45) is 0 Å². The maximum Gasteiger partial charge on any atom is 0.407 e. The lowest BCUT2D eigenvalue weighted by molar-refractivity contribution is 0.0523. The molecule has 0 radical (unpaired) electrons. The van der Waals surface area contributed by atoms with Gasteiger partial charge in [0.1, 0.15) is 5.60 Å². The van der Waals surface area contributed by atoms with E-state index >= 15 is 0 Å². The molecule has 6 heteroatoms. The van der Waals surface area contributed by atoms with Gasteiger partial charge in [0, 0.05) is 30.7 Å². The molecule has 0 aliphatic rings. The lowest BCUT2D eigenvalue weighted by atomic mass is 10.2. The Morgan fingerprint density at radius 2 is 2.14 bits per heavy atom. The van der Waals surface area contributed by atoms with Crippen molar-refractivity contribution in [3.8, 4) is 0 Å². The fraction of sp³-hybridized carbons (Fsp3) is 0.400. The zero-order chi connectivity index (χ0) is 15.3. The lowest BCUT2D eigenvalue weighted by Gasteiger charge is -2.19. The first kappa shape index (κ1) is 15.0. The molecule has 0 saturated carbocycles. The van der Waals surface area contributed by atoms with Crippen LogP contribution in [0.3, 0.4) is 0 Å². The van der Waals surface area contributed by atoms with Gasteiger partial charge in [-0.1, -0.05) is 6.07 Å². The quantitative estimate of drug-likeness (QED) is 0.937. The number of pyridine rings is 1. The van der Waals surface area contributed by atoms with Crippen LogP contribution in [0.2, 0.25) is 0 Å².